The van der Waals surface area contributed by atoms with Gasteiger partial charge in [-0.25, -0.2) is 0 Å². The molecule has 2 heteroatoms. The summed E-state index contributed by atoms with van der Waals surface area (Å²) in [5.41, 5.74) is 3.18. The zero-order chi connectivity index (χ0) is 14.9. The second-order valence-corrected chi connectivity index (χ2v) is 7.41. The number of benzene rings is 1. The van der Waals surface area contributed by atoms with Crippen molar-refractivity contribution in [3.05, 3.63) is 35.4 Å². The molecule has 1 fully saturated rings. The second-order valence-electron chi connectivity index (χ2n) is 7.41. The topological polar surface area (TPSA) is 15.3 Å². The van der Waals surface area contributed by atoms with E-state index in [9.17, 15) is 0 Å². The van der Waals surface area contributed by atoms with Gasteiger partial charge in [0.25, 0.3) is 0 Å². The van der Waals surface area contributed by atoms with Crippen molar-refractivity contribution in [3.63, 3.8) is 0 Å². The molecule has 0 bridgehead atoms. The average molecular weight is 274 g/mol. The summed E-state index contributed by atoms with van der Waals surface area (Å²) in [5, 5.41) is 3.72. The molecule has 1 aromatic rings. The highest BCUT2D eigenvalue weighted by Crippen LogP contribution is 2.30. The molecule has 112 valence electrons. The summed E-state index contributed by atoms with van der Waals surface area (Å²) in [6.07, 6.45) is 0. The van der Waals surface area contributed by atoms with Crippen molar-refractivity contribution in [2.75, 3.05) is 13.1 Å². The number of hydrogen-bond donors (Lipinski definition) is 1. The molecular formula is C18H30N2. The predicted octanol–water partition coefficient (Wildman–Crippen LogP) is 3.76. The Kier molecular flexibility index (Phi) is 4.55. The molecule has 0 spiro atoms. The van der Waals surface area contributed by atoms with E-state index in [1.165, 1.54) is 11.1 Å². The Morgan fingerprint density at radius 2 is 1.90 bits per heavy atom. The van der Waals surface area contributed by atoms with Crippen LogP contribution in [0.3, 0.4) is 0 Å². The predicted molar refractivity (Wildman–Crippen MR) is 87.0 cm³/mol. The smallest absolute Gasteiger partial charge is 0.0326 e. The van der Waals surface area contributed by atoms with Crippen molar-refractivity contribution in [3.8, 4) is 0 Å². The van der Waals surface area contributed by atoms with Gasteiger partial charge in [-0.15, -0.1) is 0 Å². The van der Waals surface area contributed by atoms with E-state index in [2.05, 4.69) is 76.0 Å². The maximum atomic E-state index is 3.72. The lowest BCUT2D eigenvalue weighted by Gasteiger charge is -2.46. The molecule has 0 aliphatic carbocycles. The minimum absolute atomic E-state index is 0.309. The first-order chi connectivity index (χ1) is 9.30. The van der Waals surface area contributed by atoms with E-state index in [4.69, 9.17) is 0 Å². The number of piperazine rings is 1. The van der Waals surface area contributed by atoms with Gasteiger partial charge in [0.1, 0.15) is 0 Å². The van der Waals surface area contributed by atoms with Crippen LogP contribution in [-0.4, -0.2) is 30.1 Å². The third-order valence-corrected chi connectivity index (χ3v) is 4.80. The summed E-state index contributed by atoms with van der Waals surface area (Å²) in [4.78, 5) is 2.66. The molecule has 3 unspecified atom stereocenters. The first-order valence-corrected chi connectivity index (χ1v) is 7.85. The lowest BCUT2D eigenvalue weighted by Crippen LogP contribution is -2.59. The molecule has 1 aromatic carbocycles. The van der Waals surface area contributed by atoms with E-state index in [0.717, 1.165) is 13.1 Å². The fourth-order valence-corrected chi connectivity index (χ4v) is 3.24. The van der Waals surface area contributed by atoms with Gasteiger partial charge in [0.15, 0.2) is 0 Å². The van der Waals surface area contributed by atoms with Gasteiger partial charge in [0.05, 0.1) is 0 Å². The van der Waals surface area contributed by atoms with Crippen molar-refractivity contribution in [2.24, 2.45) is 5.41 Å². The van der Waals surface area contributed by atoms with Crippen LogP contribution in [0.25, 0.3) is 0 Å². The van der Waals surface area contributed by atoms with Crippen LogP contribution in [0.15, 0.2) is 24.3 Å². The highest BCUT2D eigenvalue weighted by atomic mass is 15.3. The zero-order valence-electron chi connectivity index (χ0n) is 13.9. The number of aryl methyl sites for hydroxylation is 1. The van der Waals surface area contributed by atoms with Gasteiger partial charge < -0.3 is 5.32 Å². The molecular weight excluding hydrogens is 244 g/mol. The molecule has 1 N–H and O–H groups in total. The van der Waals surface area contributed by atoms with Crippen LogP contribution in [-0.2, 0) is 0 Å². The lowest BCUT2D eigenvalue weighted by atomic mass is 9.84. The second kappa shape index (κ2) is 5.87. The van der Waals surface area contributed by atoms with E-state index in [1.807, 2.05) is 0 Å². The van der Waals surface area contributed by atoms with Crippen molar-refractivity contribution in [1.82, 2.24) is 10.2 Å². The minimum Gasteiger partial charge on any atom is -0.311 e. The Balaban J connectivity index is 2.19. The normalized spacial score (nSPS) is 26.5. The van der Waals surface area contributed by atoms with Crippen LogP contribution in [0.1, 0.15) is 51.8 Å². The average Bonchev–Trinajstić information content (AvgIpc) is 2.37. The van der Waals surface area contributed by atoms with E-state index < -0.39 is 0 Å². The molecule has 1 aliphatic rings. The van der Waals surface area contributed by atoms with Crippen LogP contribution in [0.5, 0.6) is 0 Å². The lowest BCUT2D eigenvalue weighted by molar-refractivity contribution is 0.0626. The minimum atomic E-state index is 0.309. The van der Waals surface area contributed by atoms with Gasteiger partial charge in [-0.1, -0.05) is 45.0 Å². The van der Waals surface area contributed by atoms with E-state index >= 15 is 0 Å². The fraction of sp³-hybridized carbons (Fsp3) is 0.667. The van der Waals surface area contributed by atoms with Gasteiger partial charge in [-0.3, -0.25) is 4.90 Å². The monoisotopic (exact) mass is 274 g/mol. The SMILES string of the molecule is Cc1ccccc1C(C)N1CC(C(C)(C)C)NCC1C. The zero-order valence-corrected chi connectivity index (χ0v) is 13.9. The maximum absolute atomic E-state index is 3.72. The molecule has 0 amide bonds. The molecule has 0 aromatic heterocycles. The summed E-state index contributed by atoms with van der Waals surface area (Å²) in [6, 6.07) is 10.4. The summed E-state index contributed by atoms with van der Waals surface area (Å²) < 4.78 is 0. The molecule has 2 rings (SSSR count). The number of hydrogen-bond acceptors (Lipinski definition) is 2. The molecule has 20 heavy (non-hydrogen) atoms. The Morgan fingerprint density at radius 1 is 1.25 bits per heavy atom. The number of nitrogens with one attached hydrogen (secondary N) is 1. The highest BCUT2D eigenvalue weighted by Gasteiger charge is 2.34. The fourth-order valence-electron chi connectivity index (χ4n) is 3.24. The summed E-state index contributed by atoms with van der Waals surface area (Å²) >= 11 is 0. The van der Waals surface area contributed by atoms with Crippen molar-refractivity contribution < 1.29 is 0 Å². The largest absolute Gasteiger partial charge is 0.311 e. The standard InChI is InChI=1S/C18H30N2/c1-13-9-7-8-10-16(13)15(3)20-12-17(18(4,5)6)19-11-14(20)2/h7-10,14-15,17,19H,11-12H2,1-6H3. The van der Waals surface area contributed by atoms with E-state index in [0.29, 0.717) is 23.5 Å². The summed E-state index contributed by atoms with van der Waals surface area (Å²) in [5.74, 6) is 0. The van der Waals surface area contributed by atoms with E-state index in [1.54, 1.807) is 0 Å². The van der Waals surface area contributed by atoms with Crippen LogP contribution < -0.4 is 5.32 Å². The first kappa shape index (κ1) is 15.5. The summed E-state index contributed by atoms with van der Waals surface area (Å²) in [7, 11) is 0. The molecule has 0 radical (unpaired) electrons. The molecule has 0 saturated carbocycles. The first-order valence-electron chi connectivity index (χ1n) is 7.85. The van der Waals surface area contributed by atoms with Crippen molar-refractivity contribution >= 4 is 0 Å². The molecule has 3 atom stereocenters. The summed E-state index contributed by atoms with van der Waals surface area (Å²) in [6.45, 7) is 16.1. The number of rotatable bonds is 2. The molecule has 1 saturated heterocycles. The van der Waals surface area contributed by atoms with Gasteiger partial charge in [-0.05, 0) is 37.3 Å². The number of nitrogens with zero attached hydrogens (tertiary/aromatic N) is 1. The van der Waals surface area contributed by atoms with Crippen LogP contribution in [0.4, 0.5) is 0 Å². The highest BCUT2D eigenvalue weighted by molar-refractivity contribution is 5.28. The quantitative estimate of drug-likeness (QED) is 0.883. The third kappa shape index (κ3) is 3.24. The maximum Gasteiger partial charge on any atom is 0.0326 e. The molecule has 2 nitrogen and oxygen atoms in total. The van der Waals surface area contributed by atoms with Gasteiger partial charge >= 0.3 is 0 Å². The van der Waals surface area contributed by atoms with Gasteiger partial charge in [0.2, 0.25) is 0 Å². The van der Waals surface area contributed by atoms with Crippen molar-refractivity contribution in [1.29, 1.82) is 0 Å². The Hall–Kier alpha value is -0.860. The van der Waals surface area contributed by atoms with Gasteiger partial charge in [0, 0.05) is 31.2 Å². The Bertz CT molecular complexity index is 447. The Morgan fingerprint density at radius 3 is 2.50 bits per heavy atom. The van der Waals surface area contributed by atoms with Crippen LogP contribution in [0, 0.1) is 12.3 Å². The van der Waals surface area contributed by atoms with Crippen LogP contribution >= 0.6 is 0 Å². The Labute approximate surface area is 124 Å². The molecule has 1 heterocycles. The molecule has 1 aliphatic heterocycles. The van der Waals surface area contributed by atoms with Crippen LogP contribution in [0.2, 0.25) is 0 Å². The third-order valence-electron chi connectivity index (χ3n) is 4.80. The van der Waals surface area contributed by atoms with E-state index in [-0.39, 0.29) is 0 Å². The van der Waals surface area contributed by atoms with Gasteiger partial charge in [-0.2, -0.15) is 0 Å². The van der Waals surface area contributed by atoms with Crippen molar-refractivity contribution in [2.45, 2.75) is 59.7 Å².